The lowest BCUT2D eigenvalue weighted by molar-refractivity contribution is -0.152. The molecule has 0 aromatic heterocycles. The summed E-state index contributed by atoms with van der Waals surface area (Å²) in [4.78, 5) is 0. The summed E-state index contributed by atoms with van der Waals surface area (Å²) in [5.41, 5.74) is 2.15. The molecule has 0 unspecified atom stereocenters. The van der Waals surface area contributed by atoms with Gasteiger partial charge in [0.15, 0.2) is 0 Å². The topological polar surface area (TPSA) is 29.5 Å². The van der Waals surface area contributed by atoms with E-state index in [1.165, 1.54) is 37.7 Å². The lowest BCUT2D eigenvalue weighted by atomic mass is 9.45. The third kappa shape index (κ3) is 2.38. The Morgan fingerprint density at radius 1 is 1.14 bits per heavy atom. The van der Waals surface area contributed by atoms with Crippen molar-refractivity contribution >= 4 is 0 Å². The monoisotopic (exact) mass is 306 g/mol. The van der Waals surface area contributed by atoms with Crippen LogP contribution in [0.5, 0.6) is 0 Å². The molecule has 2 nitrogen and oxygen atoms in total. The van der Waals surface area contributed by atoms with Crippen LogP contribution < -0.4 is 0 Å². The molecule has 3 rings (SSSR count). The Labute approximate surface area is 136 Å². The molecule has 1 N–H and O–H groups in total. The van der Waals surface area contributed by atoms with E-state index in [9.17, 15) is 5.11 Å². The summed E-state index contributed by atoms with van der Waals surface area (Å²) in [6.45, 7) is 12.1. The molecule has 2 aliphatic carbocycles. The second kappa shape index (κ2) is 5.34. The van der Waals surface area contributed by atoms with Crippen LogP contribution in [0.2, 0.25) is 0 Å². The zero-order chi connectivity index (χ0) is 16.2. The van der Waals surface area contributed by atoms with Gasteiger partial charge in [-0.15, -0.1) is 0 Å². The van der Waals surface area contributed by atoms with Gasteiger partial charge in [-0.1, -0.05) is 33.3 Å². The van der Waals surface area contributed by atoms with Crippen molar-refractivity contribution in [3.63, 3.8) is 0 Å². The molecule has 0 amide bonds. The number of aliphatic hydroxyl groups is 1. The highest BCUT2D eigenvalue weighted by molar-refractivity contribution is 5.16. The molecule has 2 saturated carbocycles. The van der Waals surface area contributed by atoms with Crippen molar-refractivity contribution in [1.82, 2.24) is 0 Å². The van der Waals surface area contributed by atoms with Crippen molar-refractivity contribution < 1.29 is 9.84 Å². The number of rotatable bonds is 2. The number of fused-ring (bicyclic) bond motifs is 3. The molecule has 0 aromatic carbocycles. The van der Waals surface area contributed by atoms with E-state index >= 15 is 0 Å². The van der Waals surface area contributed by atoms with E-state index in [2.05, 4.69) is 34.6 Å². The van der Waals surface area contributed by atoms with Crippen molar-refractivity contribution in [1.29, 1.82) is 0 Å². The maximum absolute atomic E-state index is 9.19. The molecule has 126 valence electrons. The van der Waals surface area contributed by atoms with Crippen LogP contribution >= 0.6 is 0 Å². The van der Waals surface area contributed by atoms with E-state index < -0.39 is 0 Å². The van der Waals surface area contributed by atoms with E-state index in [-0.39, 0.29) is 18.3 Å². The molecular formula is C20H34O2. The lowest BCUT2D eigenvalue weighted by Crippen LogP contribution is -2.55. The van der Waals surface area contributed by atoms with Gasteiger partial charge in [-0.05, 0) is 74.2 Å². The van der Waals surface area contributed by atoms with E-state index in [1.54, 1.807) is 0 Å². The first kappa shape index (κ1) is 16.5. The van der Waals surface area contributed by atoms with Crippen LogP contribution in [0.1, 0.15) is 73.1 Å². The molecule has 0 radical (unpaired) electrons. The van der Waals surface area contributed by atoms with Crippen LogP contribution in [0.25, 0.3) is 0 Å². The number of ether oxygens (including phenoxy) is 1. The Hall–Kier alpha value is -0.340. The van der Waals surface area contributed by atoms with E-state index in [1.807, 2.05) is 6.08 Å². The molecule has 22 heavy (non-hydrogen) atoms. The van der Waals surface area contributed by atoms with Gasteiger partial charge >= 0.3 is 0 Å². The van der Waals surface area contributed by atoms with Crippen LogP contribution in [0.15, 0.2) is 11.6 Å². The first-order valence-corrected chi connectivity index (χ1v) is 9.18. The first-order valence-electron chi connectivity index (χ1n) is 9.18. The lowest BCUT2D eigenvalue weighted by Gasteiger charge is -2.60. The maximum Gasteiger partial charge on any atom is 0.0794 e. The largest absolute Gasteiger partial charge is 0.392 e. The van der Waals surface area contributed by atoms with Crippen LogP contribution in [0.4, 0.5) is 0 Å². The summed E-state index contributed by atoms with van der Waals surface area (Å²) in [5, 5.41) is 9.19. The first-order chi connectivity index (χ1) is 10.2. The molecule has 0 aromatic rings. The highest BCUT2D eigenvalue weighted by Gasteiger charge is 2.62. The van der Waals surface area contributed by atoms with Crippen LogP contribution in [-0.4, -0.2) is 23.4 Å². The average Bonchev–Trinajstić information content (AvgIpc) is 2.77. The van der Waals surface area contributed by atoms with Crippen molar-refractivity contribution in [2.75, 3.05) is 6.61 Å². The van der Waals surface area contributed by atoms with Crippen molar-refractivity contribution in [3.05, 3.63) is 11.6 Å². The summed E-state index contributed by atoms with van der Waals surface area (Å²) in [6, 6.07) is 0. The van der Waals surface area contributed by atoms with Gasteiger partial charge in [0.2, 0.25) is 0 Å². The Kier molecular flexibility index (Phi) is 4.01. The molecule has 5 atom stereocenters. The average molecular weight is 306 g/mol. The van der Waals surface area contributed by atoms with Gasteiger partial charge in [0.1, 0.15) is 0 Å². The van der Waals surface area contributed by atoms with Gasteiger partial charge in [-0.3, -0.25) is 0 Å². The minimum Gasteiger partial charge on any atom is -0.392 e. The zero-order valence-corrected chi connectivity index (χ0v) is 15.1. The summed E-state index contributed by atoms with van der Waals surface area (Å²) in [7, 11) is 0. The quantitative estimate of drug-likeness (QED) is 0.748. The maximum atomic E-state index is 9.19. The predicted molar refractivity (Wildman–Crippen MR) is 90.7 cm³/mol. The van der Waals surface area contributed by atoms with E-state index in [4.69, 9.17) is 4.74 Å². The fourth-order valence-corrected chi connectivity index (χ4v) is 6.41. The Bertz CT molecular complexity index is 466. The summed E-state index contributed by atoms with van der Waals surface area (Å²) < 4.78 is 6.57. The third-order valence-electron chi connectivity index (χ3n) is 7.52. The Morgan fingerprint density at radius 2 is 1.86 bits per heavy atom. The molecule has 3 aliphatic rings. The van der Waals surface area contributed by atoms with Gasteiger partial charge in [-0.2, -0.15) is 0 Å². The van der Waals surface area contributed by atoms with Gasteiger partial charge < -0.3 is 9.84 Å². The standard InChI is InChI=1S/C20H34O2/c1-14(8-12-21)15-13-17-19(4)10-6-9-18(2,3)16(19)7-11-20(17,5)22-15/h8,15-17,21H,6-7,9-13H2,1-5H3/b14-8+/t15-,16-,17-,19+,20-/m1/s1. The summed E-state index contributed by atoms with van der Waals surface area (Å²) >= 11 is 0. The second-order valence-corrected chi connectivity index (χ2v) is 9.28. The highest BCUT2D eigenvalue weighted by atomic mass is 16.5. The van der Waals surface area contributed by atoms with Crippen LogP contribution in [0.3, 0.4) is 0 Å². The fourth-order valence-electron chi connectivity index (χ4n) is 6.41. The highest BCUT2D eigenvalue weighted by Crippen LogP contribution is 2.65. The molecule has 1 aliphatic heterocycles. The van der Waals surface area contributed by atoms with Crippen molar-refractivity contribution in [3.8, 4) is 0 Å². The Morgan fingerprint density at radius 3 is 2.55 bits per heavy atom. The molecule has 2 heteroatoms. The van der Waals surface area contributed by atoms with Crippen molar-refractivity contribution in [2.24, 2.45) is 22.7 Å². The number of hydrogen-bond acceptors (Lipinski definition) is 2. The molecule has 1 heterocycles. The smallest absolute Gasteiger partial charge is 0.0794 e. The summed E-state index contributed by atoms with van der Waals surface area (Å²) in [5.74, 6) is 1.49. The third-order valence-corrected chi connectivity index (χ3v) is 7.52. The van der Waals surface area contributed by atoms with Gasteiger partial charge in [-0.25, -0.2) is 0 Å². The number of hydrogen-bond donors (Lipinski definition) is 1. The minimum atomic E-state index is 0.0356. The Balaban J connectivity index is 1.91. The molecule has 3 fully saturated rings. The molecular weight excluding hydrogens is 272 g/mol. The molecule has 1 saturated heterocycles. The predicted octanol–water partition coefficient (Wildman–Crippen LogP) is 4.72. The van der Waals surface area contributed by atoms with Crippen LogP contribution in [-0.2, 0) is 4.74 Å². The van der Waals surface area contributed by atoms with E-state index in [0.717, 1.165) is 12.3 Å². The van der Waals surface area contributed by atoms with Crippen LogP contribution in [0, 0.1) is 22.7 Å². The summed E-state index contributed by atoms with van der Waals surface area (Å²) in [6.07, 6.45) is 9.89. The van der Waals surface area contributed by atoms with Gasteiger partial charge in [0.05, 0.1) is 18.3 Å². The molecule has 0 bridgehead atoms. The normalized spacial score (nSPS) is 47.9. The van der Waals surface area contributed by atoms with Gasteiger partial charge in [0, 0.05) is 0 Å². The van der Waals surface area contributed by atoms with Gasteiger partial charge in [0.25, 0.3) is 0 Å². The SMILES string of the molecule is C/C(=C\CO)[C@H]1C[C@@H]2[C@@]3(C)CCCC(C)(C)[C@H]3CC[C@@]2(C)O1. The minimum absolute atomic E-state index is 0.0356. The fraction of sp³-hybridized carbons (Fsp3) is 0.900. The molecule has 0 spiro atoms. The second-order valence-electron chi connectivity index (χ2n) is 9.28. The zero-order valence-electron chi connectivity index (χ0n) is 15.1. The van der Waals surface area contributed by atoms with E-state index in [0.29, 0.717) is 16.7 Å². The number of aliphatic hydroxyl groups excluding tert-OH is 1. The van der Waals surface area contributed by atoms with Crippen molar-refractivity contribution in [2.45, 2.75) is 84.8 Å².